The summed E-state index contributed by atoms with van der Waals surface area (Å²) < 4.78 is 10.6. The van der Waals surface area contributed by atoms with Gasteiger partial charge < -0.3 is 14.6 Å². The second kappa shape index (κ2) is 8.10. The minimum Gasteiger partial charge on any atom is -0.484 e. The average Bonchev–Trinajstić information content (AvgIpc) is 3.11. The Morgan fingerprint density at radius 3 is 2.64 bits per heavy atom. The van der Waals surface area contributed by atoms with Gasteiger partial charge in [0.1, 0.15) is 5.75 Å². The Morgan fingerprint density at radius 2 is 1.88 bits per heavy atom. The van der Waals surface area contributed by atoms with E-state index >= 15 is 0 Å². The maximum absolute atomic E-state index is 11.8. The zero-order valence-electron chi connectivity index (χ0n) is 13.9. The van der Waals surface area contributed by atoms with Crippen LogP contribution in [0.3, 0.4) is 0 Å². The number of amides is 1. The molecule has 0 bridgehead atoms. The topological polar surface area (TPSA) is 77.2 Å². The molecule has 0 fully saturated rings. The van der Waals surface area contributed by atoms with Crippen molar-refractivity contribution >= 4 is 5.91 Å². The highest BCUT2D eigenvalue weighted by molar-refractivity contribution is 5.77. The maximum Gasteiger partial charge on any atom is 0.257 e. The number of nitrogens with one attached hydrogen (secondary N) is 1. The molecule has 6 heteroatoms. The number of aryl methyl sites for hydroxylation is 1. The van der Waals surface area contributed by atoms with Gasteiger partial charge in [-0.05, 0) is 19.1 Å². The van der Waals surface area contributed by atoms with Crippen LogP contribution in [0.5, 0.6) is 5.75 Å². The third-order valence-electron chi connectivity index (χ3n) is 3.55. The molecular weight excluding hydrogens is 318 g/mol. The molecule has 0 aliphatic carbocycles. The summed E-state index contributed by atoms with van der Waals surface area (Å²) in [5.74, 6) is 1.51. The summed E-state index contributed by atoms with van der Waals surface area (Å²) >= 11 is 0. The van der Waals surface area contributed by atoms with E-state index in [4.69, 9.17) is 9.26 Å². The first-order valence-corrected chi connectivity index (χ1v) is 8.05. The Hall–Kier alpha value is -3.15. The van der Waals surface area contributed by atoms with E-state index in [2.05, 4.69) is 15.5 Å². The van der Waals surface area contributed by atoms with Crippen LogP contribution in [0, 0.1) is 6.92 Å². The molecule has 1 amide bonds. The Balaban J connectivity index is 1.41. The number of aromatic nitrogens is 2. The predicted octanol–water partition coefficient (Wildman–Crippen LogP) is 2.78. The fraction of sp³-hybridized carbons (Fsp3) is 0.211. The lowest BCUT2D eigenvalue weighted by Crippen LogP contribution is -2.30. The van der Waals surface area contributed by atoms with Gasteiger partial charge in [0, 0.05) is 18.5 Å². The van der Waals surface area contributed by atoms with Crippen molar-refractivity contribution < 1.29 is 14.1 Å². The third kappa shape index (κ3) is 4.91. The van der Waals surface area contributed by atoms with Gasteiger partial charge in [-0.15, -0.1) is 0 Å². The molecule has 0 saturated carbocycles. The Morgan fingerprint density at radius 1 is 1.12 bits per heavy atom. The summed E-state index contributed by atoms with van der Waals surface area (Å²) in [6.07, 6.45) is 0.468. The highest BCUT2D eigenvalue weighted by Gasteiger charge is 2.09. The van der Waals surface area contributed by atoms with E-state index in [1.807, 2.05) is 61.5 Å². The number of carbonyl (C=O) groups excluding carboxylic acids is 1. The third-order valence-corrected chi connectivity index (χ3v) is 3.55. The number of ether oxygens (including phenoxy) is 1. The molecule has 25 heavy (non-hydrogen) atoms. The van der Waals surface area contributed by atoms with Crippen molar-refractivity contribution in [2.75, 3.05) is 13.2 Å². The standard InChI is InChI=1S/C19H19N3O3/c1-14-7-9-16(10-8-14)24-13-17(23)20-12-11-18-21-19(22-25-18)15-5-3-2-4-6-15/h2-10H,11-13H2,1H3,(H,20,23). The van der Waals surface area contributed by atoms with Crippen LogP contribution in [0.15, 0.2) is 59.1 Å². The van der Waals surface area contributed by atoms with Crippen molar-refractivity contribution in [2.45, 2.75) is 13.3 Å². The van der Waals surface area contributed by atoms with Crippen LogP contribution < -0.4 is 10.1 Å². The van der Waals surface area contributed by atoms with Gasteiger partial charge in [-0.3, -0.25) is 4.79 Å². The average molecular weight is 337 g/mol. The molecule has 1 heterocycles. The zero-order chi connectivity index (χ0) is 17.5. The first-order valence-electron chi connectivity index (χ1n) is 8.05. The molecule has 0 aliphatic heterocycles. The first kappa shape index (κ1) is 16.7. The predicted molar refractivity (Wildman–Crippen MR) is 93.1 cm³/mol. The van der Waals surface area contributed by atoms with Crippen molar-refractivity contribution in [2.24, 2.45) is 0 Å². The monoisotopic (exact) mass is 337 g/mol. The fourth-order valence-electron chi connectivity index (χ4n) is 2.20. The van der Waals surface area contributed by atoms with Crippen LogP contribution in [0.1, 0.15) is 11.5 Å². The number of hydrogen-bond donors (Lipinski definition) is 1. The highest BCUT2D eigenvalue weighted by Crippen LogP contribution is 2.14. The van der Waals surface area contributed by atoms with E-state index in [-0.39, 0.29) is 12.5 Å². The maximum atomic E-state index is 11.8. The van der Waals surface area contributed by atoms with Crippen molar-refractivity contribution in [3.63, 3.8) is 0 Å². The number of carbonyl (C=O) groups is 1. The molecule has 0 aliphatic rings. The van der Waals surface area contributed by atoms with Crippen LogP contribution in [-0.4, -0.2) is 29.2 Å². The number of nitrogens with zero attached hydrogens (tertiary/aromatic N) is 2. The second-order valence-electron chi connectivity index (χ2n) is 5.58. The molecule has 0 spiro atoms. The van der Waals surface area contributed by atoms with E-state index in [0.29, 0.717) is 30.4 Å². The molecule has 2 aromatic carbocycles. The van der Waals surface area contributed by atoms with Gasteiger partial charge in [-0.25, -0.2) is 0 Å². The number of hydrogen-bond acceptors (Lipinski definition) is 5. The lowest BCUT2D eigenvalue weighted by atomic mass is 10.2. The number of benzene rings is 2. The fourth-order valence-corrected chi connectivity index (χ4v) is 2.20. The smallest absolute Gasteiger partial charge is 0.257 e. The van der Waals surface area contributed by atoms with Crippen LogP contribution in [-0.2, 0) is 11.2 Å². The second-order valence-corrected chi connectivity index (χ2v) is 5.58. The van der Waals surface area contributed by atoms with E-state index in [9.17, 15) is 4.79 Å². The van der Waals surface area contributed by atoms with Crippen molar-refractivity contribution in [1.29, 1.82) is 0 Å². The van der Waals surface area contributed by atoms with E-state index in [1.165, 1.54) is 0 Å². The molecule has 0 radical (unpaired) electrons. The molecule has 3 aromatic rings. The minimum atomic E-state index is -0.191. The Labute approximate surface area is 145 Å². The van der Waals surface area contributed by atoms with Gasteiger partial charge in [-0.2, -0.15) is 4.98 Å². The van der Waals surface area contributed by atoms with Gasteiger partial charge in [0.05, 0.1) is 0 Å². The minimum absolute atomic E-state index is 0.0256. The molecule has 1 N–H and O–H groups in total. The lowest BCUT2D eigenvalue weighted by molar-refractivity contribution is -0.123. The largest absolute Gasteiger partial charge is 0.484 e. The summed E-state index contributed by atoms with van der Waals surface area (Å²) in [4.78, 5) is 16.1. The summed E-state index contributed by atoms with van der Waals surface area (Å²) in [6, 6.07) is 17.1. The summed E-state index contributed by atoms with van der Waals surface area (Å²) in [5.41, 5.74) is 2.04. The van der Waals surface area contributed by atoms with E-state index in [0.717, 1.165) is 11.1 Å². The van der Waals surface area contributed by atoms with Gasteiger partial charge >= 0.3 is 0 Å². The summed E-state index contributed by atoms with van der Waals surface area (Å²) in [5, 5.41) is 6.71. The Bertz CT molecular complexity index is 813. The van der Waals surface area contributed by atoms with Crippen LogP contribution in [0.4, 0.5) is 0 Å². The molecule has 0 atom stereocenters. The van der Waals surface area contributed by atoms with Gasteiger partial charge in [-0.1, -0.05) is 53.2 Å². The quantitative estimate of drug-likeness (QED) is 0.717. The summed E-state index contributed by atoms with van der Waals surface area (Å²) in [6.45, 7) is 2.38. The van der Waals surface area contributed by atoms with Crippen molar-refractivity contribution in [1.82, 2.24) is 15.5 Å². The molecule has 3 rings (SSSR count). The molecule has 128 valence electrons. The lowest BCUT2D eigenvalue weighted by Gasteiger charge is -2.06. The van der Waals surface area contributed by atoms with E-state index < -0.39 is 0 Å². The molecular formula is C19H19N3O3. The van der Waals surface area contributed by atoms with Gasteiger partial charge in [0.15, 0.2) is 6.61 Å². The molecule has 6 nitrogen and oxygen atoms in total. The van der Waals surface area contributed by atoms with E-state index in [1.54, 1.807) is 0 Å². The van der Waals surface area contributed by atoms with Crippen molar-refractivity contribution in [3.8, 4) is 17.1 Å². The zero-order valence-corrected chi connectivity index (χ0v) is 13.9. The molecule has 0 unspecified atom stereocenters. The molecule has 1 aromatic heterocycles. The Kier molecular flexibility index (Phi) is 5.41. The molecule has 0 saturated heterocycles. The highest BCUT2D eigenvalue weighted by atomic mass is 16.5. The first-order chi connectivity index (χ1) is 12.2. The SMILES string of the molecule is Cc1ccc(OCC(=O)NCCc2nc(-c3ccccc3)no2)cc1. The summed E-state index contributed by atoms with van der Waals surface area (Å²) in [7, 11) is 0. The van der Waals surface area contributed by atoms with Crippen LogP contribution in [0.2, 0.25) is 0 Å². The van der Waals surface area contributed by atoms with Gasteiger partial charge in [0.25, 0.3) is 5.91 Å². The number of rotatable bonds is 7. The normalized spacial score (nSPS) is 10.4. The van der Waals surface area contributed by atoms with Crippen molar-refractivity contribution in [3.05, 3.63) is 66.1 Å². The van der Waals surface area contributed by atoms with Crippen LogP contribution in [0.25, 0.3) is 11.4 Å². The van der Waals surface area contributed by atoms with Crippen LogP contribution >= 0.6 is 0 Å². The van der Waals surface area contributed by atoms with Gasteiger partial charge in [0.2, 0.25) is 11.7 Å².